The van der Waals surface area contributed by atoms with Gasteiger partial charge in [0.05, 0.1) is 0 Å². The Balaban J connectivity index is 0.000000640. The number of hydrogen-bond acceptors (Lipinski definition) is 0. The molecule has 1 aromatic carbocycles. The number of aryl methyl sites for hydroxylation is 1. The van der Waals surface area contributed by atoms with E-state index in [0.717, 1.165) is 6.42 Å². The fourth-order valence-electron chi connectivity index (χ4n) is 0.714. The molecular weight excluding hydrogens is 297 g/mol. The van der Waals surface area contributed by atoms with Crippen molar-refractivity contribution in [2.45, 2.75) is 13.3 Å². The second-order valence-corrected chi connectivity index (χ2v) is 1.84. The van der Waals surface area contributed by atoms with Crippen LogP contribution in [-0.4, -0.2) is 0 Å². The molecule has 0 atom stereocenters. The topological polar surface area (TPSA) is 0 Å². The summed E-state index contributed by atoms with van der Waals surface area (Å²) in [6.45, 7) is 2.16. The first kappa shape index (κ1) is 9.16. The molecule has 0 saturated carbocycles. The Labute approximate surface area is 76.8 Å². The van der Waals surface area contributed by atoms with Gasteiger partial charge in [-0.15, -0.1) is 0 Å². The van der Waals surface area contributed by atoms with Crippen molar-refractivity contribution in [2.24, 2.45) is 0 Å². The second-order valence-electron chi connectivity index (χ2n) is 1.84. The summed E-state index contributed by atoms with van der Waals surface area (Å²) in [6, 6.07) is 10.5. The zero-order chi connectivity index (χ0) is 5.82. The monoisotopic (exact) mass is 308 g/mol. The Morgan fingerprint density at radius 2 is 1.67 bits per heavy atom. The van der Waals surface area contributed by atoms with Gasteiger partial charge in [0.15, 0.2) is 0 Å². The SMILES string of the molecule is CCc1ccccc1.[Hg]. The summed E-state index contributed by atoms with van der Waals surface area (Å²) in [5.41, 5.74) is 1.41. The van der Waals surface area contributed by atoms with E-state index < -0.39 is 0 Å². The van der Waals surface area contributed by atoms with Crippen LogP contribution >= 0.6 is 0 Å². The van der Waals surface area contributed by atoms with Crippen LogP contribution in [0.3, 0.4) is 0 Å². The molecule has 0 nitrogen and oxygen atoms in total. The smallest absolute Gasteiger partial charge is 0 e. The Morgan fingerprint density at radius 3 is 2.00 bits per heavy atom. The van der Waals surface area contributed by atoms with Crippen molar-refractivity contribution in [1.82, 2.24) is 0 Å². The van der Waals surface area contributed by atoms with Crippen molar-refractivity contribution in [3.05, 3.63) is 35.9 Å². The Morgan fingerprint density at radius 1 is 1.11 bits per heavy atom. The van der Waals surface area contributed by atoms with Crippen molar-refractivity contribution in [3.63, 3.8) is 0 Å². The molecule has 44 valence electrons. The quantitative estimate of drug-likeness (QED) is 0.698. The summed E-state index contributed by atoms with van der Waals surface area (Å²) >= 11 is 0. The van der Waals surface area contributed by atoms with Gasteiger partial charge in [0, 0.05) is 27.7 Å². The van der Waals surface area contributed by atoms with Gasteiger partial charge in [0.1, 0.15) is 0 Å². The van der Waals surface area contributed by atoms with Crippen molar-refractivity contribution >= 4 is 0 Å². The maximum atomic E-state index is 2.16. The standard InChI is InChI=1S/C8H10.Hg/c1-2-8-6-4-3-5-7-8;/h3-7H,2H2,1H3;. The van der Waals surface area contributed by atoms with E-state index in [1.807, 2.05) is 6.07 Å². The average Bonchev–Trinajstić information content (AvgIpc) is 1.90. The normalized spacial score (nSPS) is 8.11. The van der Waals surface area contributed by atoms with Gasteiger partial charge >= 0.3 is 0 Å². The van der Waals surface area contributed by atoms with Gasteiger partial charge in [-0.05, 0) is 12.0 Å². The fraction of sp³-hybridized carbons (Fsp3) is 0.250. The Bertz CT molecular complexity index is 146. The zero-order valence-corrected chi connectivity index (χ0v) is 11.3. The minimum Gasteiger partial charge on any atom is -0.0622 e. The molecule has 0 saturated heterocycles. The first-order chi connectivity index (χ1) is 3.93. The van der Waals surface area contributed by atoms with Crippen LogP contribution in [-0.2, 0) is 34.1 Å². The number of hydrogen-bond donors (Lipinski definition) is 0. The number of rotatable bonds is 1. The zero-order valence-electron chi connectivity index (χ0n) is 5.80. The van der Waals surface area contributed by atoms with Crippen LogP contribution in [0.25, 0.3) is 0 Å². The van der Waals surface area contributed by atoms with Gasteiger partial charge in [-0.2, -0.15) is 0 Å². The summed E-state index contributed by atoms with van der Waals surface area (Å²) in [5, 5.41) is 0. The Hall–Kier alpha value is 0.155. The molecular formula is C8H10Hg. The molecule has 0 aliphatic heterocycles. The van der Waals surface area contributed by atoms with E-state index in [1.165, 1.54) is 5.56 Å². The molecule has 1 rings (SSSR count). The van der Waals surface area contributed by atoms with Crippen LogP contribution in [0.1, 0.15) is 12.5 Å². The van der Waals surface area contributed by atoms with E-state index >= 15 is 0 Å². The first-order valence-corrected chi connectivity index (χ1v) is 2.97. The summed E-state index contributed by atoms with van der Waals surface area (Å²) in [7, 11) is 0. The molecule has 0 aromatic heterocycles. The van der Waals surface area contributed by atoms with Crippen LogP contribution in [0, 0.1) is 0 Å². The predicted molar refractivity (Wildman–Crippen MR) is 35.8 cm³/mol. The molecule has 0 aliphatic carbocycles. The van der Waals surface area contributed by atoms with Crippen LogP contribution in [0.2, 0.25) is 0 Å². The molecule has 0 amide bonds. The van der Waals surface area contributed by atoms with Crippen LogP contribution in [0.5, 0.6) is 0 Å². The van der Waals surface area contributed by atoms with Gasteiger partial charge in [-0.3, -0.25) is 0 Å². The third-order valence-corrected chi connectivity index (χ3v) is 1.25. The molecule has 1 aromatic rings. The molecule has 0 spiro atoms. The van der Waals surface area contributed by atoms with Crippen molar-refractivity contribution in [3.8, 4) is 0 Å². The van der Waals surface area contributed by atoms with Gasteiger partial charge in [0.25, 0.3) is 0 Å². The molecule has 0 fully saturated rings. The van der Waals surface area contributed by atoms with E-state index in [-0.39, 0.29) is 27.7 Å². The van der Waals surface area contributed by atoms with Gasteiger partial charge in [0.2, 0.25) is 0 Å². The van der Waals surface area contributed by atoms with E-state index in [9.17, 15) is 0 Å². The first-order valence-electron chi connectivity index (χ1n) is 2.97. The minimum absolute atomic E-state index is 0. The summed E-state index contributed by atoms with van der Waals surface area (Å²) < 4.78 is 0. The third-order valence-electron chi connectivity index (χ3n) is 1.25. The second kappa shape index (κ2) is 4.98. The van der Waals surface area contributed by atoms with Crippen molar-refractivity contribution in [2.75, 3.05) is 0 Å². The van der Waals surface area contributed by atoms with E-state index in [0.29, 0.717) is 0 Å². The van der Waals surface area contributed by atoms with Crippen molar-refractivity contribution in [1.29, 1.82) is 0 Å². The molecule has 9 heavy (non-hydrogen) atoms. The fourth-order valence-corrected chi connectivity index (χ4v) is 0.714. The number of benzene rings is 1. The molecule has 0 heterocycles. The molecule has 0 radical (unpaired) electrons. The average molecular weight is 307 g/mol. The van der Waals surface area contributed by atoms with Gasteiger partial charge in [-0.1, -0.05) is 37.3 Å². The van der Waals surface area contributed by atoms with E-state index in [1.54, 1.807) is 0 Å². The summed E-state index contributed by atoms with van der Waals surface area (Å²) in [6.07, 6.45) is 1.14. The van der Waals surface area contributed by atoms with Crippen molar-refractivity contribution < 1.29 is 27.7 Å². The molecule has 0 unspecified atom stereocenters. The van der Waals surface area contributed by atoms with Gasteiger partial charge < -0.3 is 0 Å². The molecule has 0 N–H and O–H groups in total. The predicted octanol–water partition coefficient (Wildman–Crippen LogP) is 2.25. The third kappa shape index (κ3) is 3.00. The molecule has 1 heteroatoms. The molecule has 0 bridgehead atoms. The largest absolute Gasteiger partial charge is 0.0622 e. The van der Waals surface area contributed by atoms with Crippen LogP contribution < -0.4 is 0 Å². The maximum absolute atomic E-state index is 2.16. The Kier molecular flexibility index (Phi) is 5.07. The minimum atomic E-state index is 0. The summed E-state index contributed by atoms with van der Waals surface area (Å²) in [5.74, 6) is 0. The molecule has 0 aliphatic rings. The van der Waals surface area contributed by atoms with Crippen LogP contribution in [0.4, 0.5) is 0 Å². The summed E-state index contributed by atoms with van der Waals surface area (Å²) in [4.78, 5) is 0. The van der Waals surface area contributed by atoms with Gasteiger partial charge in [-0.25, -0.2) is 0 Å². The van der Waals surface area contributed by atoms with E-state index in [2.05, 4.69) is 31.2 Å². The van der Waals surface area contributed by atoms with E-state index in [4.69, 9.17) is 0 Å². The van der Waals surface area contributed by atoms with Crippen LogP contribution in [0.15, 0.2) is 30.3 Å². The maximum Gasteiger partial charge on any atom is 0 e.